The molecule has 0 fully saturated rings. The van der Waals surface area contributed by atoms with Crippen molar-refractivity contribution < 1.29 is 19.8 Å². The van der Waals surface area contributed by atoms with E-state index in [-0.39, 0.29) is 19.0 Å². The van der Waals surface area contributed by atoms with Gasteiger partial charge >= 0.3 is 12.0 Å². The van der Waals surface area contributed by atoms with Crippen molar-refractivity contribution in [2.75, 3.05) is 32.7 Å². The van der Waals surface area contributed by atoms with E-state index in [0.717, 1.165) is 26.1 Å². The molecule has 0 unspecified atom stereocenters. The van der Waals surface area contributed by atoms with E-state index < -0.39 is 12.1 Å². The second-order valence-corrected chi connectivity index (χ2v) is 4.21. The van der Waals surface area contributed by atoms with E-state index in [9.17, 15) is 9.59 Å². The van der Waals surface area contributed by atoms with Crippen molar-refractivity contribution in [1.29, 1.82) is 0 Å². The second kappa shape index (κ2) is 10.6. The molecular formula is C12H25N3O4. The minimum Gasteiger partial charge on any atom is -0.479 e. The van der Waals surface area contributed by atoms with Crippen LogP contribution in [0.25, 0.3) is 0 Å². The van der Waals surface area contributed by atoms with E-state index in [1.54, 1.807) is 0 Å². The highest BCUT2D eigenvalue weighted by atomic mass is 16.4. The van der Waals surface area contributed by atoms with Gasteiger partial charge in [-0.15, -0.1) is 0 Å². The Morgan fingerprint density at radius 2 is 1.74 bits per heavy atom. The molecule has 112 valence electrons. The van der Waals surface area contributed by atoms with Crippen LogP contribution in [0.2, 0.25) is 0 Å². The molecule has 0 heterocycles. The van der Waals surface area contributed by atoms with Crippen molar-refractivity contribution in [3.8, 4) is 0 Å². The highest BCUT2D eigenvalue weighted by Crippen LogP contribution is 1.90. The van der Waals surface area contributed by atoms with E-state index >= 15 is 0 Å². The first-order valence-corrected chi connectivity index (χ1v) is 6.66. The number of hydrogen-bond acceptors (Lipinski definition) is 4. The number of aliphatic carboxylic acids is 1. The zero-order valence-corrected chi connectivity index (χ0v) is 11.7. The second-order valence-electron chi connectivity index (χ2n) is 4.21. The smallest absolute Gasteiger partial charge is 0.332 e. The van der Waals surface area contributed by atoms with Crippen molar-refractivity contribution in [3.63, 3.8) is 0 Å². The summed E-state index contributed by atoms with van der Waals surface area (Å²) in [5.41, 5.74) is 0. The third-order valence-electron chi connectivity index (χ3n) is 2.82. The molecule has 0 radical (unpaired) electrons. The molecule has 7 heteroatoms. The average Bonchev–Trinajstić information content (AvgIpc) is 2.38. The topological polar surface area (TPSA) is 102 Å². The molecule has 0 bridgehead atoms. The fourth-order valence-corrected chi connectivity index (χ4v) is 1.55. The summed E-state index contributed by atoms with van der Waals surface area (Å²) in [6, 6.07) is -0.336. The van der Waals surface area contributed by atoms with Crippen LogP contribution in [0.1, 0.15) is 26.7 Å². The van der Waals surface area contributed by atoms with Crippen LogP contribution in [0.4, 0.5) is 4.79 Å². The molecule has 0 rings (SSSR count). The van der Waals surface area contributed by atoms with Gasteiger partial charge in [0.05, 0.1) is 0 Å². The summed E-state index contributed by atoms with van der Waals surface area (Å²) in [5.74, 6) is -1.28. The number of hydrogen-bond donors (Lipinski definition) is 4. The number of aliphatic hydroxyl groups excluding tert-OH is 1. The Kier molecular flexibility index (Phi) is 9.82. The minimum atomic E-state index is -1.43. The van der Waals surface area contributed by atoms with Gasteiger partial charge in [0.2, 0.25) is 0 Å². The van der Waals surface area contributed by atoms with Crippen molar-refractivity contribution >= 4 is 12.0 Å². The van der Waals surface area contributed by atoms with E-state index in [1.807, 2.05) is 0 Å². The molecule has 0 aliphatic carbocycles. The van der Waals surface area contributed by atoms with Crippen LogP contribution < -0.4 is 10.6 Å². The maximum absolute atomic E-state index is 11.3. The number of carboxylic acid groups (broad SMARTS) is 1. The van der Waals surface area contributed by atoms with E-state index in [4.69, 9.17) is 10.2 Å². The van der Waals surface area contributed by atoms with Crippen molar-refractivity contribution in [3.05, 3.63) is 0 Å². The Morgan fingerprint density at radius 1 is 1.16 bits per heavy atom. The Labute approximate surface area is 114 Å². The first-order chi connectivity index (χ1) is 9.01. The summed E-state index contributed by atoms with van der Waals surface area (Å²) in [6.45, 7) is 7.82. The van der Waals surface area contributed by atoms with Gasteiger partial charge in [-0.25, -0.2) is 9.59 Å². The number of carbonyl (C=O) groups is 2. The summed E-state index contributed by atoms with van der Waals surface area (Å²) >= 11 is 0. The van der Waals surface area contributed by atoms with Crippen LogP contribution >= 0.6 is 0 Å². The van der Waals surface area contributed by atoms with Crippen LogP contribution in [-0.2, 0) is 4.79 Å². The highest BCUT2D eigenvalue weighted by Gasteiger charge is 2.12. The fraction of sp³-hybridized carbons (Fsp3) is 0.833. The summed E-state index contributed by atoms with van der Waals surface area (Å²) in [5, 5.41) is 22.6. The largest absolute Gasteiger partial charge is 0.479 e. The lowest BCUT2D eigenvalue weighted by Gasteiger charge is -2.17. The van der Waals surface area contributed by atoms with E-state index in [0.29, 0.717) is 6.54 Å². The van der Waals surface area contributed by atoms with Gasteiger partial charge in [0.25, 0.3) is 0 Å². The van der Waals surface area contributed by atoms with Gasteiger partial charge in [-0.1, -0.05) is 13.8 Å². The van der Waals surface area contributed by atoms with E-state index in [2.05, 4.69) is 29.4 Å². The van der Waals surface area contributed by atoms with Crippen LogP contribution in [0.15, 0.2) is 0 Å². The van der Waals surface area contributed by atoms with Crippen LogP contribution in [0, 0.1) is 0 Å². The molecule has 0 aromatic heterocycles. The molecule has 4 N–H and O–H groups in total. The van der Waals surface area contributed by atoms with Crippen molar-refractivity contribution in [2.24, 2.45) is 0 Å². The molecule has 0 spiro atoms. The standard InChI is InChI=1S/C12H25N3O4/c1-3-15(4-2)9-5-7-13-12(19)14-8-6-10(16)11(17)18/h10,16H,3-9H2,1-2H3,(H,17,18)(H2,13,14,19)/t10-/m0/s1. The normalized spacial score (nSPS) is 12.2. The first kappa shape index (κ1) is 17.7. The molecule has 0 aromatic rings. The molecule has 0 aliphatic rings. The lowest BCUT2D eigenvalue weighted by Crippen LogP contribution is -2.39. The lowest BCUT2D eigenvalue weighted by molar-refractivity contribution is -0.146. The molecule has 0 saturated heterocycles. The lowest BCUT2D eigenvalue weighted by atomic mass is 10.2. The molecular weight excluding hydrogens is 250 g/mol. The van der Waals surface area contributed by atoms with Crippen LogP contribution in [0.3, 0.4) is 0 Å². The number of rotatable bonds is 10. The summed E-state index contributed by atoms with van der Waals surface area (Å²) in [6.07, 6.45) is -0.558. The third kappa shape index (κ3) is 9.26. The number of aliphatic hydroxyl groups is 1. The summed E-state index contributed by atoms with van der Waals surface area (Å²) in [4.78, 5) is 23.9. The maximum Gasteiger partial charge on any atom is 0.332 e. The SMILES string of the molecule is CCN(CC)CCCNC(=O)NCC[C@H](O)C(=O)O. The molecule has 7 nitrogen and oxygen atoms in total. The molecule has 0 saturated carbocycles. The van der Waals surface area contributed by atoms with Crippen LogP contribution in [0.5, 0.6) is 0 Å². The fourth-order valence-electron chi connectivity index (χ4n) is 1.55. The van der Waals surface area contributed by atoms with Gasteiger partial charge in [-0.2, -0.15) is 0 Å². The monoisotopic (exact) mass is 275 g/mol. The number of nitrogens with one attached hydrogen (secondary N) is 2. The van der Waals surface area contributed by atoms with Gasteiger partial charge in [0.1, 0.15) is 0 Å². The first-order valence-electron chi connectivity index (χ1n) is 6.66. The highest BCUT2D eigenvalue weighted by molar-refractivity contribution is 5.74. The zero-order valence-electron chi connectivity index (χ0n) is 11.7. The van der Waals surface area contributed by atoms with Crippen molar-refractivity contribution in [1.82, 2.24) is 15.5 Å². The minimum absolute atomic E-state index is 0.00218. The number of carboxylic acids is 1. The molecule has 2 amide bonds. The molecule has 0 aromatic carbocycles. The third-order valence-corrected chi connectivity index (χ3v) is 2.82. The average molecular weight is 275 g/mol. The number of nitrogens with zero attached hydrogens (tertiary/aromatic N) is 1. The summed E-state index contributed by atoms with van der Waals surface area (Å²) < 4.78 is 0. The molecule has 19 heavy (non-hydrogen) atoms. The zero-order chi connectivity index (χ0) is 14.7. The number of urea groups is 1. The Balaban J connectivity index is 3.52. The predicted molar refractivity (Wildman–Crippen MR) is 72.1 cm³/mol. The van der Waals surface area contributed by atoms with E-state index in [1.165, 1.54) is 0 Å². The quantitative estimate of drug-likeness (QED) is 0.415. The van der Waals surface area contributed by atoms with Crippen molar-refractivity contribution in [2.45, 2.75) is 32.8 Å². The Hall–Kier alpha value is -1.34. The van der Waals surface area contributed by atoms with Gasteiger partial charge in [0.15, 0.2) is 6.10 Å². The summed E-state index contributed by atoms with van der Waals surface area (Å²) in [7, 11) is 0. The Bertz CT molecular complexity index is 270. The predicted octanol–water partition coefficient (Wildman–Crippen LogP) is -0.147. The molecule has 1 atom stereocenters. The van der Waals surface area contributed by atoms with Crippen LogP contribution in [-0.4, -0.2) is 65.9 Å². The van der Waals surface area contributed by atoms with Gasteiger partial charge < -0.3 is 25.7 Å². The van der Waals surface area contributed by atoms with Gasteiger partial charge in [-0.05, 0) is 26.1 Å². The maximum atomic E-state index is 11.3. The van der Waals surface area contributed by atoms with Gasteiger partial charge in [-0.3, -0.25) is 0 Å². The number of amides is 2. The molecule has 0 aliphatic heterocycles. The number of carbonyl (C=O) groups excluding carboxylic acids is 1. The Morgan fingerprint density at radius 3 is 2.26 bits per heavy atom. The van der Waals surface area contributed by atoms with Gasteiger partial charge in [0, 0.05) is 19.5 Å².